The summed E-state index contributed by atoms with van der Waals surface area (Å²) in [5.41, 5.74) is 2.17. The van der Waals surface area contributed by atoms with Crippen molar-refractivity contribution in [3.05, 3.63) is 48.4 Å². The molecule has 4 rings (SSSR count). The summed E-state index contributed by atoms with van der Waals surface area (Å²) in [7, 11) is 0. The molecule has 6 heteroatoms. The molecule has 2 aliphatic heterocycles. The van der Waals surface area contributed by atoms with E-state index in [4.69, 9.17) is 9.47 Å². The van der Waals surface area contributed by atoms with Gasteiger partial charge in [-0.25, -0.2) is 4.98 Å². The number of aromatic nitrogens is 2. The minimum absolute atomic E-state index is 0.0219. The van der Waals surface area contributed by atoms with Gasteiger partial charge in [-0.15, -0.1) is 0 Å². The standard InChI is InChI=1S/C18H19N3O3/c22-17(21-10-2-5-16(21)18-23-11-12-24-18)15-4-1-3-14(20-15)13-6-8-19-9-7-13/h1,3-4,6-9,16,18H,2,5,10-12H2. The van der Waals surface area contributed by atoms with Gasteiger partial charge >= 0.3 is 0 Å². The lowest BCUT2D eigenvalue weighted by Crippen LogP contribution is -2.43. The third-order valence-electron chi connectivity index (χ3n) is 4.47. The van der Waals surface area contributed by atoms with Crippen molar-refractivity contribution in [2.45, 2.75) is 25.2 Å². The molecule has 6 nitrogen and oxygen atoms in total. The zero-order valence-electron chi connectivity index (χ0n) is 13.3. The van der Waals surface area contributed by atoms with Crippen LogP contribution in [0.3, 0.4) is 0 Å². The van der Waals surface area contributed by atoms with Crippen molar-refractivity contribution in [3.63, 3.8) is 0 Å². The predicted octanol–water partition coefficient (Wildman–Crippen LogP) is 2.12. The molecule has 124 valence electrons. The number of hydrogen-bond acceptors (Lipinski definition) is 5. The van der Waals surface area contributed by atoms with Gasteiger partial charge in [0.15, 0.2) is 6.29 Å². The van der Waals surface area contributed by atoms with Gasteiger partial charge < -0.3 is 14.4 Å². The highest BCUT2D eigenvalue weighted by Crippen LogP contribution is 2.26. The molecule has 0 radical (unpaired) electrons. The van der Waals surface area contributed by atoms with Crippen LogP contribution in [0.4, 0.5) is 0 Å². The van der Waals surface area contributed by atoms with Crippen molar-refractivity contribution in [2.24, 2.45) is 0 Å². The SMILES string of the molecule is O=C(c1cccc(-c2ccncc2)n1)N1CCCC1C1OCCO1. The Labute approximate surface area is 140 Å². The van der Waals surface area contributed by atoms with E-state index in [1.165, 1.54) is 0 Å². The van der Waals surface area contributed by atoms with E-state index in [0.29, 0.717) is 25.5 Å². The Bertz CT molecular complexity index is 716. The van der Waals surface area contributed by atoms with E-state index in [0.717, 1.165) is 24.1 Å². The van der Waals surface area contributed by atoms with Crippen LogP contribution in [0.2, 0.25) is 0 Å². The maximum absolute atomic E-state index is 12.9. The van der Waals surface area contributed by atoms with Gasteiger partial charge in [0, 0.05) is 24.5 Å². The molecule has 0 bridgehead atoms. The highest BCUT2D eigenvalue weighted by atomic mass is 16.7. The Kier molecular flexibility index (Phi) is 4.23. The molecule has 1 amide bonds. The number of pyridine rings is 2. The molecule has 0 aliphatic carbocycles. The van der Waals surface area contributed by atoms with Crippen molar-refractivity contribution in [2.75, 3.05) is 19.8 Å². The third kappa shape index (κ3) is 2.90. The first-order chi connectivity index (χ1) is 11.8. The molecule has 2 aromatic heterocycles. The average molecular weight is 325 g/mol. The summed E-state index contributed by atoms with van der Waals surface area (Å²) in [6.07, 6.45) is 5.00. The fraction of sp³-hybridized carbons (Fsp3) is 0.389. The summed E-state index contributed by atoms with van der Waals surface area (Å²) in [6.45, 7) is 1.91. The van der Waals surface area contributed by atoms with Crippen LogP contribution < -0.4 is 0 Å². The second kappa shape index (κ2) is 6.67. The Balaban J connectivity index is 1.58. The van der Waals surface area contributed by atoms with Crippen molar-refractivity contribution in [1.82, 2.24) is 14.9 Å². The first-order valence-corrected chi connectivity index (χ1v) is 8.24. The van der Waals surface area contributed by atoms with Gasteiger partial charge in [-0.3, -0.25) is 9.78 Å². The van der Waals surface area contributed by atoms with Crippen LogP contribution in [0.15, 0.2) is 42.7 Å². The molecule has 0 spiro atoms. The Morgan fingerprint density at radius 1 is 1.12 bits per heavy atom. The van der Waals surface area contributed by atoms with E-state index in [1.54, 1.807) is 18.5 Å². The fourth-order valence-electron chi connectivity index (χ4n) is 3.31. The quantitative estimate of drug-likeness (QED) is 0.865. The van der Waals surface area contributed by atoms with Gasteiger partial charge in [0.1, 0.15) is 5.69 Å². The van der Waals surface area contributed by atoms with Crippen LogP contribution in [-0.4, -0.2) is 52.9 Å². The van der Waals surface area contributed by atoms with E-state index in [1.807, 2.05) is 29.2 Å². The van der Waals surface area contributed by atoms with E-state index >= 15 is 0 Å². The molecule has 0 N–H and O–H groups in total. The molecule has 2 aromatic rings. The summed E-state index contributed by atoms with van der Waals surface area (Å²) >= 11 is 0. The summed E-state index contributed by atoms with van der Waals surface area (Å²) in [5.74, 6) is -0.0625. The number of carbonyl (C=O) groups is 1. The molecule has 4 heterocycles. The molecule has 1 unspecified atom stereocenters. The van der Waals surface area contributed by atoms with Gasteiger partial charge in [-0.05, 0) is 37.1 Å². The summed E-state index contributed by atoms with van der Waals surface area (Å²) in [4.78, 5) is 23.3. The van der Waals surface area contributed by atoms with E-state index < -0.39 is 0 Å². The molecule has 0 aromatic carbocycles. The Morgan fingerprint density at radius 3 is 2.71 bits per heavy atom. The average Bonchev–Trinajstić information content (AvgIpc) is 3.33. The fourth-order valence-corrected chi connectivity index (χ4v) is 3.31. The van der Waals surface area contributed by atoms with Crippen LogP contribution in [-0.2, 0) is 9.47 Å². The summed E-state index contributed by atoms with van der Waals surface area (Å²) in [5, 5.41) is 0. The second-order valence-electron chi connectivity index (χ2n) is 5.96. The highest BCUT2D eigenvalue weighted by Gasteiger charge is 2.38. The normalized spacial score (nSPS) is 21.3. The smallest absolute Gasteiger partial charge is 0.272 e. The van der Waals surface area contributed by atoms with Gasteiger partial charge in [0.05, 0.1) is 24.9 Å². The number of amides is 1. The van der Waals surface area contributed by atoms with Crippen LogP contribution >= 0.6 is 0 Å². The highest BCUT2D eigenvalue weighted by molar-refractivity contribution is 5.93. The molecule has 2 saturated heterocycles. The maximum Gasteiger partial charge on any atom is 0.272 e. The zero-order valence-corrected chi connectivity index (χ0v) is 13.3. The van der Waals surface area contributed by atoms with E-state index in [2.05, 4.69) is 9.97 Å². The van der Waals surface area contributed by atoms with Crippen molar-refractivity contribution in [1.29, 1.82) is 0 Å². The minimum Gasteiger partial charge on any atom is -0.348 e. The van der Waals surface area contributed by atoms with Crippen LogP contribution in [0.1, 0.15) is 23.3 Å². The minimum atomic E-state index is -0.306. The second-order valence-corrected chi connectivity index (χ2v) is 5.96. The van der Waals surface area contributed by atoms with Gasteiger partial charge in [0.2, 0.25) is 0 Å². The third-order valence-corrected chi connectivity index (χ3v) is 4.47. The maximum atomic E-state index is 12.9. The molecular weight excluding hydrogens is 306 g/mol. The molecule has 1 atom stereocenters. The monoisotopic (exact) mass is 325 g/mol. The molecule has 2 aliphatic rings. The van der Waals surface area contributed by atoms with Crippen LogP contribution in [0.25, 0.3) is 11.3 Å². The first-order valence-electron chi connectivity index (χ1n) is 8.24. The van der Waals surface area contributed by atoms with E-state index in [-0.39, 0.29) is 18.2 Å². The van der Waals surface area contributed by atoms with Gasteiger partial charge in [0.25, 0.3) is 5.91 Å². The Morgan fingerprint density at radius 2 is 1.92 bits per heavy atom. The number of ether oxygens (including phenoxy) is 2. The van der Waals surface area contributed by atoms with Crippen LogP contribution in [0, 0.1) is 0 Å². The van der Waals surface area contributed by atoms with Crippen molar-refractivity contribution >= 4 is 5.91 Å². The van der Waals surface area contributed by atoms with Crippen molar-refractivity contribution < 1.29 is 14.3 Å². The topological polar surface area (TPSA) is 64.6 Å². The Hall–Kier alpha value is -2.31. The lowest BCUT2D eigenvalue weighted by Gasteiger charge is -2.27. The van der Waals surface area contributed by atoms with Crippen molar-refractivity contribution in [3.8, 4) is 11.3 Å². The largest absolute Gasteiger partial charge is 0.348 e. The van der Waals surface area contributed by atoms with Gasteiger partial charge in [-0.1, -0.05) is 6.07 Å². The van der Waals surface area contributed by atoms with Gasteiger partial charge in [-0.2, -0.15) is 0 Å². The molecule has 24 heavy (non-hydrogen) atoms. The number of nitrogens with zero attached hydrogens (tertiary/aromatic N) is 3. The van der Waals surface area contributed by atoms with E-state index in [9.17, 15) is 4.79 Å². The molecular formula is C18H19N3O3. The number of likely N-dealkylation sites (tertiary alicyclic amines) is 1. The predicted molar refractivity (Wildman–Crippen MR) is 87.2 cm³/mol. The lowest BCUT2D eigenvalue weighted by molar-refractivity contribution is -0.0838. The number of hydrogen-bond donors (Lipinski definition) is 0. The van der Waals surface area contributed by atoms with Crippen LogP contribution in [0.5, 0.6) is 0 Å². The zero-order chi connectivity index (χ0) is 16.4. The number of rotatable bonds is 3. The number of carbonyl (C=O) groups excluding carboxylic acids is 1. The first kappa shape index (κ1) is 15.2. The molecule has 0 saturated carbocycles. The summed E-state index contributed by atoms with van der Waals surface area (Å²) in [6, 6.07) is 9.27. The molecule has 2 fully saturated rings. The summed E-state index contributed by atoms with van der Waals surface area (Å²) < 4.78 is 11.2. The lowest BCUT2D eigenvalue weighted by atomic mass is 10.1.